The number of halogens is 3. The van der Waals surface area contributed by atoms with Crippen molar-refractivity contribution in [3.8, 4) is 0 Å². The standard InChI is InChI=1S/C22H28ClN3O.2ClH/c23-20-7-3-1-6-19(20)16-26-13-11-17(12-14-26)15-25-22(27)10-9-18-5-2-4-8-21(18)24;;/h1-8,17H,9-16,24H2,(H,25,27);2*1H. The maximum atomic E-state index is 12.1. The Kier molecular flexibility index (Phi) is 11.4. The van der Waals surface area contributed by atoms with Crippen LogP contribution >= 0.6 is 36.4 Å². The van der Waals surface area contributed by atoms with Gasteiger partial charge in [-0.05, 0) is 61.5 Å². The molecule has 1 saturated heterocycles. The number of likely N-dealkylation sites (tertiary alicyclic amines) is 1. The van der Waals surface area contributed by atoms with E-state index in [1.807, 2.05) is 42.5 Å². The molecular weight excluding hydrogens is 429 g/mol. The van der Waals surface area contributed by atoms with Gasteiger partial charge in [-0.15, -0.1) is 24.8 Å². The van der Waals surface area contributed by atoms with E-state index in [9.17, 15) is 4.79 Å². The van der Waals surface area contributed by atoms with Gasteiger partial charge in [0.05, 0.1) is 0 Å². The lowest BCUT2D eigenvalue weighted by molar-refractivity contribution is -0.121. The number of benzene rings is 2. The van der Waals surface area contributed by atoms with E-state index >= 15 is 0 Å². The number of nitrogens with one attached hydrogen (secondary N) is 1. The molecule has 0 aliphatic carbocycles. The summed E-state index contributed by atoms with van der Waals surface area (Å²) < 4.78 is 0. The molecule has 0 spiro atoms. The number of piperidine rings is 1. The first-order valence-corrected chi connectivity index (χ1v) is 10.1. The van der Waals surface area contributed by atoms with Crippen molar-refractivity contribution < 1.29 is 4.79 Å². The Bertz CT molecular complexity index is 764. The van der Waals surface area contributed by atoms with E-state index in [0.717, 1.165) is 55.3 Å². The fourth-order valence-corrected chi connectivity index (χ4v) is 3.77. The zero-order valence-corrected chi connectivity index (χ0v) is 18.9. The lowest BCUT2D eigenvalue weighted by Gasteiger charge is -2.32. The summed E-state index contributed by atoms with van der Waals surface area (Å²) in [4.78, 5) is 14.6. The number of nitrogens with two attached hydrogens (primary N) is 1. The van der Waals surface area contributed by atoms with Gasteiger partial charge in [0.1, 0.15) is 0 Å². The van der Waals surface area contributed by atoms with E-state index in [0.29, 0.717) is 18.8 Å². The molecule has 7 heteroatoms. The smallest absolute Gasteiger partial charge is 0.220 e. The van der Waals surface area contributed by atoms with Gasteiger partial charge in [-0.25, -0.2) is 0 Å². The number of hydrogen-bond acceptors (Lipinski definition) is 3. The largest absolute Gasteiger partial charge is 0.399 e. The summed E-state index contributed by atoms with van der Waals surface area (Å²) in [5.74, 6) is 0.662. The molecule has 0 saturated carbocycles. The highest BCUT2D eigenvalue weighted by atomic mass is 35.5. The van der Waals surface area contributed by atoms with Gasteiger partial charge < -0.3 is 11.1 Å². The van der Waals surface area contributed by atoms with Crippen molar-refractivity contribution in [1.29, 1.82) is 0 Å². The van der Waals surface area contributed by atoms with Crippen LogP contribution in [0.25, 0.3) is 0 Å². The molecule has 1 heterocycles. The van der Waals surface area contributed by atoms with Crippen LogP contribution in [0.4, 0.5) is 5.69 Å². The lowest BCUT2D eigenvalue weighted by Crippen LogP contribution is -2.38. The van der Waals surface area contributed by atoms with Crippen molar-refractivity contribution in [3.63, 3.8) is 0 Å². The second kappa shape index (κ2) is 13.0. The van der Waals surface area contributed by atoms with Gasteiger partial charge in [-0.3, -0.25) is 9.69 Å². The van der Waals surface area contributed by atoms with Crippen molar-refractivity contribution in [1.82, 2.24) is 10.2 Å². The monoisotopic (exact) mass is 457 g/mol. The number of nitrogen functional groups attached to an aromatic ring is 1. The van der Waals surface area contributed by atoms with E-state index < -0.39 is 0 Å². The second-order valence-corrected chi connectivity index (χ2v) is 7.72. The molecule has 0 bridgehead atoms. The Hall–Kier alpha value is -1.46. The molecule has 29 heavy (non-hydrogen) atoms. The summed E-state index contributed by atoms with van der Waals surface area (Å²) in [5, 5.41) is 3.94. The number of para-hydroxylation sites is 1. The first-order chi connectivity index (χ1) is 13.1. The SMILES string of the molecule is Cl.Cl.Nc1ccccc1CCC(=O)NCC1CCN(Cc2ccccc2Cl)CC1. The molecule has 0 aromatic heterocycles. The molecule has 1 aliphatic heterocycles. The van der Waals surface area contributed by atoms with Crippen molar-refractivity contribution in [3.05, 3.63) is 64.7 Å². The van der Waals surface area contributed by atoms with Crippen LogP contribution in [0, 0.1) is 5.92 Å². The van der Waals surface area contributed by atoms with E-state index in [2.05, 4.69) is 16.3 Å². The van der Waals surface area contributed by atoms with Crippen LogP contribution in [0.5, 0.6) is 0 Å². The maximum absolute atomic E-state index is 12.1. The molecule has 0 radical (unpaired) electrons. The number of carbonyl (C=O) groups is 1. The molecule has 160 valence electrons. The minimum absolute atomic E-state index is 0. The zero-order valence-electron chi connectivity index (χ0n) is 16.5. The molecule has 2 aromatic rings. The van der Waals surface area contributed by atoms with Crippen molar-refractivity contribution in [2.75, 3.05) is 25.4 Å². The van der Waals surface area contributed by atoms with E-state index in [1.165, 1.54) is 5.56 Å². The third kappa shape index (κ3) is 8.06. The normalized spacial score (nSPS) is 14.5. The molecule has 1 aliphatic rings. The fraction of sp³-hybridized carbons (Fsp3) is 0.409. The fourth-order valence-electron chi connectivity index (χ4n) is 3.57. The molecule has 3 rings (SSSR count). The first kappa shape index (κ1) is 25.6. The average molecular weight is 459 g/mol. The van der Waals surface area contributed by atoms with Gasteiger partial charge in [0.25, 0.3) is 0 Å². The van der Waals surface area contributed by atoms with Crippen molar-refractivity contribution in [2.24, 2.45) is 5.92 Å². The number of nitrogens with zero attached hydrogens (tertiary/aromatic N) is 1. The number of anilines is 1. The van der Waals surface area contributed by atoms with Crippen LogP contribution in [0.15, 0.2) is 48.5 Å². The highest BCUT2D eigenvalue weighted by Crippen LogP contribution is 2.22. The number of carbonyl (C=O) groups excluding carboxylic acids is 1. The zero-order chi connectivity index (χ0) is 19.1. The molecule has 2 aromatic carbocycles. The molecule has 0 unspecified atom stereocenters. The molecule has 1 amide bonds. The third-order valence-electron chi connectivity index (χ3n) is 5.32. The summed E-state index contributed by atoms with van der Waals surface area (Å²) in [6.45, 7) is 3.76. The highest BCUT2D eigenvalue weighted by molar-refractivity contribution is 6.31. The molecule has 3 N–H and O–H groups in total. The van der Waals surface area contributed by atoms with Crippen LogP contribution in [0.1, 0.15) is 30.4 Å². The van der Waals surface area contributed by atoms with Gasteiger partial charge in [0, 0.05) is 30.2 Å². The van der Waals surface area contributed by atoms with E-state index in [1.54, 1.807) is 0 Å². The Morgan fingerprint density at radius 2 is 1.66 bits per heavy atom. The van der Waals surface area contributed by atoms with E-state index in [-0.39, 0.29) is 30.7 Å². The Balaban J connectivity index is 0.00000210. The quantitative estimate of drug-likeness (QED) is 0.590. The summed E-state index contributed by atoms with van der Waals surface area (Å²) in [6.07, 6.45) is 3.39. The summed E-state index contributed by atoms with van der Waals surface area (Å²) in [5.41, 5.74) is 8.92. The predicted octanol–water partition coefficient (Wildman–Crippen LogP) is 4.73. The third-order valence-corrected chi connectivity index (χ3v) is 5.69. The van der Waals surface area contributed by atoms with Crippen molar-refractivity contribution >= 4 is 48.0 Å². The van der Waals surface area contributed by atoms with Crippen LogP contribution in [0.2, 0.25) is 5.02 Å². The molecular formula is C22H30Cl3N3O. The number of aryl methyl sites for hydroxylation is 1. The Morgan fingerprint density at radius 3 is 2.31 bits per heavy atom. The van der Waals surface area contributed by atoms with Gasteiger partial charge in [-0.1, -0.05) is 48.0 Å². The van der Waals surface area contributed by atoms with Crippen molar-refractivity contribution in [2.45, 2.75) is 32.2 Å². The number of amides is 1. The summed E-state index contributed by atoms with van der Waals surface area (Å²) in [6, 6.07) is 15.8. The summed E-state index contributed by atoms with van der Waals surface area (Å²) in [7, 11) is 0. The van der Waals surface area contributed by atoms with Crippen LogP contribution in [0.3, 0.4) is 0 Å². The lowest BCUT2D eigenvalue weighted by atomic mass is 9.96. The summed E-state index contributed by atoms with van der Waals surface area (Å²) >= 11 is 6.26. The number of hydrogen-bond donors (Lipinski definition) is 2. The minimum atomic E-state index is 0. The van der Waals surface area contributed by atoms with Crippen LogP contribution < -0.4 is 11.1 Å². The second-order valence-electron chi connectivity index (χ2n) is 7.31. The maximum Gasteiger partial charge on any atom is 0.220 e. The number of rotatable bonds is 7. The van der Waals surface area contributed by atoms with Crippen LogP contribution in [-0.4, -0.2) is 30.4 Å². The average Bonchev–Trinajstić information content (AvgIpc) is 2.68. The van der Waals surface area contributed by atoms with Gasteiger partial charge in [-0.2, -0.15) is 0 Å². The minimum Gasteiger partial charge on any atom is -0.399 e. The first-order valence-electron chi connectivity index (χ1n) is 9.67. The van der Waals surface area contributed by atoms with E-state index in [4.69, 9.17) is 17.3 Å². The highest BCUT2D eigenvalue weighted by Gasteiger charge is 2.20. The predicted molar refractivity (Wildman–Crippen MR) is 126 cm³/mol. The van der Waals surface area contributed by atoms with Crippen LogP contribution in [-0.2, 0) is 17.8 Å². The molecule has 1 fully saturated rings. The molecule has 4 nitrogen and oxygen atoms in total. The molecule has 0 atom stereocenters. The van der Waals surface area contributed by atoms with Gasteiger partial charge in [0.2, 0.25) is 5.91 Å². The Morgan fingerprint density at radius 1 is 1.03 bits per heavy atom. The topological polar surface area (TPSA) is 58.4 Å². The Labute approximate surface area is 191 Å². The van der Waals surface area contributed by atoms with Gasteiger partial charge >= 0.3 is 0 Å². The van der Waals surface area contributed by atoms with Gasteiger partial charge in [0.15, 0.2) is 0 Å².